The minimum atomic E-state index is 0.434. The van der Waals surface area contributed by atoms with Crippen LogP contribution in [-0.4, -0.2) is 19.7 Å². The Morgan fingerprint density at radius 2 is 2.00 bits per heavy atom. The first kappa shape index (κ1) is 10.1. The van der Waals surface area contributed by atoms with Crippen LogP contribution in [-0.2, 0) is 13.0 Å². The highest BCUT2D eigenvalue weighted by molar-refractivity contribution is 6.28. The monoisotopic (exact) mass is 222 g/mol. The van der Waals surface area contributed by atoms with Gasteiger partial charge in [0, 0.05) is 18.8 Å². The van der Waals surface area contributed by atoms with Gasteiger partial charge in [0.2, 0.25) is 5.28 Å². The van der Waals surface area contributed by atoms with Gasteiger partial charge in [0.1, 0.15) is 5.82 Å². The Balaban J connectivity index is 2.27. The Bertz CT molecular complexity index is 438. The molecule has 0 amide bonds. The molecule has 0 bridgehead atoms. The van der Waals surface area contributed by atoms with Gasteiger partial charge >= 0.3 is 0 Å². The van der Waals surface area contributed by atoms with Crippen molar-refractivity contribution in [2.75, 3.05) is 0 Å². The average molecular weight is 223 g/mol. The lowest BCUT2D eigenvalue weighted by Crippen LogP contribution is -2.04. The first-order valence-electron chi connectivity index (χ1n) is 4.77. The molecule has 0 atom stereocenters. The Hall–Kier alpha value is -1.42. The quantitative estimate of drug-likeness (QED) is 0.797. The maximum absolute atomic E-state index is 5.95. The molecular weight excluding hydrogens is 212 g/mol. The summed E-state index contributed by atoms with van der Waals surface area (Å²) in [4.78, 5) is 3.97. The zero-order valence-electron chi connectivity index (χ0n) is 8.39. The van der Waals surface area contributed by atoms with Crippen LogP contribution in [0.2, 0.25) is 5.28 Å². The van der Waals surface area contributed by atoms with Crippen LogP contribution in [0, 0.1) is 0 Å². The van der Waals surface area contributed by atoms with Crippen LogP contribution < -0.4 is 0 Å². The minimum Gasteiger partial charge on any atom is -0.297 e. The molecule has 0 N–H and O–H groups in total. The normalized spacial score (nSPS) is 10.5. The highest BCUT2D eigenvalue weighted by Gasteiger charge is 2.08. The van der Waals surface area contributed by atoms with Crippen molar-refractivity contribution in [3.63, 3.8) is 0 Å². The van der Waals surface area contributed by atoms with E-state index in [-0.39, 0.29) is 0 Å². The van der Waals surface area contributed by atoms with Crippen molar-refractivity contribution in [1.29, 1.82) is 0 Å². The number of halogens is 1. The highest BCUT2D eigenvalue weighted by atomic mass is 35.5. The molecule has 0 aliphatic heterocycles. The summed E-state index contributed by atoms with van der Waals surface area (Å²) < 4.78 is 1.90. The molecular formula is C10H11ClN4. The molecule has 0 radical (unpaired) electrons. The minimum absolute atomic E-state index is 0.434. The summed E-state index contributed by atoms with van der Waals surface area (Å²) in [6, 6.07) is 3.91. The molecule has 0 saturated heterocycles. The van der Waals surface area contributed by atoms with Gasteiger partial charge in [-0.2, -0.15) is 0 Å². The second-order valence-corrected chi connectivity index (χ2v) is 3.52. The van der Waals surface area contributed by atoms with Crippen LogP contribution in [0.4, 0.5) is 0 Å². The molecule has 0 aromatic carbocycles. The first-order chi connectivity index (χ1) is 7.31. The molecule has 2 aromatic heterocycles. The van der Waals surface area contributed by atoms with Crippen LogP contribution in [0.25, 0.3) is 0 Å². The summed E-state index contributed by atoms with van der Waals surface area (Å²) in [7, 11) is 0. The fourth-order valence-corrected chi connectivity index (χ4v) is 1.60. The molecule has 5 heteroatoms. The summed E-state index contributed by atoms with van der Waals surface area (Å²) in [6.07, 6.45) is 4.35. The topological polar surface area (TPSA) is 43.6 Å². The van der Waals surface area contributed by atoms with E-state index in [4.69, 9.17) is 11.6 Å². The predicted octanol–water partition coefficient (Wildman–Crippen LogP) is 1.94. The van der Waals surface area contributed by atoms with E-state index in [1.54, 1.807) is 12.4 Å². The Labute approximate surface area is 92.9 Å². The van der Waals surface area contributed by atoms with Gasteiger partial charge in [0.05, 0.1) is 6.54 Å². The molecule has 2 aromatic rings. The van der Waals surface area contributed by atoms with Gasteiger partial charge < -0.3 is 0 Å². The summed E-state index contributed by atoms with van der Waals surface area (Å²) in [5.74, 6) is 0.900. The van der Waals surface area contributed by atoms with Crippen LogP contribution in [0.3, 0.4) is 0 Å². The van der Waals surface area contributed by atoms with Crippen molar-refractivity contribution in [2.24, 2.45) is 0 Å². The molecule has 4 nitrogen and oxygen atoms in total. The molecule has 78 valence electrons. The zero-order valence-corrected chi connectivity index (χ0v) is 9.15. The lowest BCUT2D eigenvalue weighted by Gasteiger charge is -2.05. The predicted molar refractivity (Wildman–Crippen MR) is 57.7 cm³/mol. The molecule has 0 aliphatic carbocycles. The van der Waals surface area contributed by atoms with Crippen molar-refractivity contribution in [3.05, 3.63) is 41.2 Å². The van der Waals surface area contributed by atoms with Gasteiger partial charge in [-0.1, -0.05) is 6.92 Å². The standard InChI is InChI=1S/C10H11ClN4/c1-2-9-13-14-10(11)15(9)7-8-3-5-12-6-4-8/h3-6H,2,7H2,1H3. The summed E-state index contributed by atoms with van der Waals surface area (Å²) >= 11 is 5.95. The fraction of sp³-hybridized carbons (Fsp3) is 0.300. The van der Waals surface area contributed by atoms with Crippen LogP contribution in [0.15, 0.2) is 24.5 Å². The van der Waals surface area contributed by atoms with E-state index in [9.17, 15) is 0 Å². The number of pyridine rings is 1. The van der Waals surface area contributed by atoms with Crippen molar-refractivity contribution < 1.29 is 0 Å². The fourth-order valence-electron chi connectivity index (χ4n) is 1.40. The van der Waals surface area contributed by atoms with E-state index >= 15 is 0 Å². The molecule has 0 fully saturated rings. The second-order valence-electron chi connectivity index (χ2n) is 3.18. The maximum Gasteiger partial charge on any atom is 0.225 e. The second kappa shape index (κ2) is 4.40. The van der Waals surface area contributed by atoms with Gasteiger partial charge in [-0.25, -0.2) is 0 Å². The average Bonchev–Trinajstić information content (AvgIpc) is 2.62. The number of nitrogens with zero attached hydrogens (tertiary/aromatic N) is 4. The van der Waals surface area contributed by atoms with E-state index in [1.165, 1.54) is 0 Å². The lowest BCUT2D eigenvalue weighted by molar-refractivity contribution is 0.732. The summed E-state index contributed by atoms with van der Waals surface area (Å²) in [6.45, 7) is 2.72. The lowest BCUT2D eigenvalue weighted by atomic mass is 10.2. The number of hydrogen-bond donors (Lipinski definition) is 0. The van der Waals surface area contributed by atoms with Crippen molar-refractivity contribution >= 4 is 11.6 Å². The van der Waals surface area contributed by atoms with Gasteiger partial charge in [-0.3, -0.25) is 9.55 Å². The Morgan fingerprint density at radius 1 is 1.27 bits per heavy atom. The van der Waals surface area contributed by atoms with E-state index in [0.717, 1.165) is 17.8 Å². The van der Waals surface area contributed by atoms with E-state index in [0.29, 0.717) is 11.8 Å². The van der Waals surface area contributed by atoms with Crippen molar-refractivity contribution in [3.8, 4) is 0 Å². The molecule has 2 heterocycles. The van der Waals surface area contributed by atoms with Crippen LogP contribution in [0.1, 0.15) is 18.3 Å². The Kier molecular flexibility index (Phi) is 2.97. The zero-order chi connectivity index (χ0) is 10.7. The van der Waals surface area contributed by atoms with Crippen molar-refractivity contribution in [2.45, 2.75) is 19.9 Å². The molecule has 0 aliphatic rings. The largest absolute Gasteiger partial charge is 0.297 e. The summed E-state index contributed by atoms with van der Waals surface area (Å²) in [5.41, 5.74) is 1.14. The number of hydrogen-bond acceptors (Lipinski definition) is 3. The van der Waals surface area contributed by atoms with Crippen LogP contribution >= 0.6 is 11.6 Å². The van der Waals surface area contributed by atoms with Gasteiger partial charge in [0.25, 0.3) is 0 Å². The van der Waals surface area contributed by atoms with E-state index in [2.05, 4.69) is 15.2 Å². The van der Waals surface area contributed by atoms with Gasteiger partial charge in [0.15, 0.2) is 0 Å². The SMILES string of the molecule is CCc1nnc(Cl)n1Cc1ccncc1. The molecule has 15 heavy (non-hydrogen) atoms. The van der Waals surface area contributed by atoms with Crippen LogP contribution in [0.5, 0.6) is 0 Å². The van der Waals surface area contributed by atoms with Gasteiger partial charge in [-0.15, -0.1) is 10.2 Å². The molecule has 2 rings (SSSR count). The smallest absolute Gasteiger partial charge is 0.225 e. The summed E-state index contributed by atoms with van der Waals surface area (Å²) in [5, 5.41) is 8.28. The third-order valence-electron chi connectivity index (χ3n) is 2.19. The molecule has 0 unspecified atom stereocenters. The number of aryl methyl sites for hydroxylation is 1. The molecule has 0 saturated carbocycles. The maximum atomic E-state index is 5.95. The highest BCUT2D eigenvalue weighted by Crippen LogP contribution is 2.11. The van der Waals surface area contributed by atoms with E-state index in [1.807, 2.05) is 23.6 Å². The number of aromatic nitrogens is 4. The number of rotatable bonds is 3. The van der Waals surface area contributed by atoms with Crippen molar-refractivity contribution in [1.82, 2.24) is 19.7 Å². The third kappa shape index (κ3) is 2.15. The van der Waals surface area contributed by atoms with E-state index < -0.39 is 0 Å². The van der Waals surface area contributed by atoms with Gasteiger partial charge in [-0.05, 0) is 29.3 Å². The Morgan fingerprint density at radius 3 is 2.67 bits per heavy atom. The first-order valence-corrected chi connectivity index (χ1v) is 5.15. The molecule has 0 spiro atoms. The third-order valence-corrected chi connectivity index (χ3v) is 2.47.